The van der Waals surface area contributed by atoms with Gasteiger partial charge in [-0.05, 0) is 32.3 Å². The molecule has 1 amide bonds. The second kappa shape index (κ2) is 6.30. The highest BCUT2D eigenvalue weighted by Crippen LogP contribution is 2.27. The second-order valence-corrected chi connectivity index (χ2v) is 5.74. The first-order valence-corrected chi connectivity index (χ1v) is 7.23. The van der Waals surface area contributed by atoms with Gasteiger partial charge >= 0.3 is 0 Å². The molecular formula is C16H19F2N3O. The quantitative estimate of drug-likeness (QED) is 0.822. The lowest BCUT2D eigenvalue weighted by Gasteiger charge is -2.31. The van der Waals surface area contributed by atoms with Crippen molar-refractivity contribution in [3.8, 4) is 12.3 Å². The Hall–Kier alpha value is -2.16. The third-order valence-corrected chi connectivity index (χ3v) is 3.94. The van der Waals surface area contributed by atoms with E-state index in [2.05, 4.69) is 21.5 Å². The molecule has 0 radical (unpaired) electrons. The number of hydrogen-bond donors (Lipinski definition) is 2. The van der Waals surface area contributed by atoms with Crippen LogP contribution in [0.1, 0.15) is 43.5 Å². The zero-order valence-electron chi connectivity index (χ0n) is 12.6. The number of alkyl halides is 1. The highest BCUT2D eigenvalue weighted by Gasteiger charge is 2.31. The molecule has 1 saturated carbocycles. The van der Waals surface area contributed by atoms with Gasteiger partial charge in [0.15, 0.2) is 0 Å². The minimum atomic E-state index is -0.833. The summed E-state index contributed by atoms with van der Waals surface area (Å²) in [4.78, 5) is 16.3. The van der Waals surface area contributed by atoms with Crippen LogP contribution < -0.4 is 10.6 Å². The molecule has 1 aromatic heterocycles. The fourth-order valence-corrected chi connectivity index (χ4v) is 2.13. The Morgan fingerprint density at radius 1 is 1.59 bits per heavy atom. The van der Waals surface area contributed by atoms with E-state index in [0.717, 1.165) is 12.3 Å². The first-order chi connectivity index (χ1) is 10.4. The van der Waals surface area contributed by atoms with Gasteiger partial charge in [-0.25, -0.2) is 13.8 Å². The van der Waals surface area contributed by atoms with Gasteiger partial charge in [0.1, 0.15) is 17.8 Å². The van der Waals surface area contributed by atoms with Gasteiger partial charge < -0.3 is 10.6 Å². The van der Waals surface area contributed by atoms with Crippen LogP contribution in [0.15, 0.2) is 12.3 Å². The normalized spacial score (nSPS) is 22.9. The zero-order valence-corrected chi connectivity index (χ0v) is 12.6. The van der Waals surface area contributed by atoms with Crippen molar-refractivity contribution in [2.24, 2.45) is 0 Å². The standard InChI is InChI=1S/C16H19F2N3O/c1-4-16(3,5-2)21-15(22)13-8-11(18)9-19-14(13)20-12-6-10(17)7-12/h1,8-10,12H,5-7H2,2-3H3,(H,19,20)(H,21,22)/t10?,12?,16-/m0/s1. The predicted octanol–water partition coefficient (Wildman–Crippen LogP) is 2.66. The largest absolute Gasteiger partial charge is 0.366 e. The topological polar surface area (TPSA) is 54.0 Å². The van der Waals surface area contributed by atoms with E-state index in [1.165, 1.54) is 0 Å². The van der Waals surface area contributed by atoms with E-state index >= 15 is 0 Å². The molecule has 22 heavy (non-hydrogen) atoms. The van der Waals surface area contributed by atoms with Crippen LogP contribution in [0.4, 0.5) is 14.6 Å². The molecule has 1 aliphatic rings. The summed E-state index contributed by atoms with van der Waals surface area (Å²) in [5.74, 6) is 1.63. The Kier molecular flexibility index (Phi) is 4.65. The Balaban J connectivity index is 2.19. The average Bonchev–Trinajstić information content (AvgIpc) is 2.47. The number of rotatable bonds is 5. The van der Waals surface area contributed by atoms with Crippen LogP contribution in [0.25, 0.3) is 0 Å². The average molecular weight is 307 g/mol. The molecule has 2 rings (SSSR count). The van der Waals surface area contributed by atoms with Crippen molar-refractivity contribution in [2.75, 3.05) is 5.32 Å². The Morgan fingerprint density at radius 2 is 2.27 bits per heavy atom. The lowest BCUT2D eigenvalue weighted by atomic mass is 9.90. The third-order valence-electron chi connectivity index (χ3n) is 3.94. The van der Waals surface area contributed by atoms with Crippen molar-refractivity contribution in [3.63, 3.8) is 0 Å². The van der Waals surface area contributed by atoms with Gasteiger partial charge in [-0.3, -0.25) is 4.79 Å². The van der Waals surface area contributed by atoms with Gasteiger partial charge in [0.25, 0.3) is 5.91 Å². The molecule has 1 fully saturated rings. The molecule has 0 spiro atoms. The van der Waals surface area contributed by atoms with E-state index in [9.17, 15) is 13.6 Å². The van der Waals surface area contributed by atoms with Crippen molar-refractivity contribution in [1.82, 2.24) is 10.3 Å². The molecule has 0 unspecified atom stereocenters. The van der Waals surface area contributed by atoms with E-state index in [4.69, 9.17) is 6.42 Å². The van der Waals surface area contributed by atoms with Crippen LogP contribution in [-0.4, -0.2) is 28.6 Å². The van der Waals surface area contributed by atoms with Crippen molar-refractivity contribution < 1.29 is 13.6 Å². The monoisotopic (exact) mass is 307 g/mol. The third kappa shape index (κ3) is 3.53. The highest BCUT2D eigenvalue weighted by atomic mass is 19.1. The number of halogens is 2. The smallest absolute Gasteiger partial charge is 0.256 e. The number of anilines is 1. The zero-order chi connectivity index (χ0) is 16.3. The molecule has 1 aliphatic carbocycles. The Bertz CT molecular complexity index is 608. The highest BCUT2D eigenvalue weighted by molar-refractivity contribution is 5.99. The number of carbonyl (C=O) groups is 1. The van der Waals surface area contributed by atoms with Crippen LogP contribution in [0.3, 0.4) is 0 Å². The number of hydrogen-bond acceptors (Lipinski definition) is 3. The molecule has 2 N–H and O–H groups in total. The summed E-state index contributed by atoms with van der Waals surface area (Å²) in [5.41, 5.74) is -0.751. The minimum Gasteiger partial charge on any atom is -0.366 e. The number of nitrogens with zero attached hydrogens (tertiary/aromatic N) is 1. The summed E-state index contributed by atoms with van der Waals surface area (Å²) < 4.78 is 26.3. The summed E-state index contributed by atoms with van der Waals surface area (Å²) in [6.07, 6.45) is 6.86. The van der Waals surface area contributed by atoms with Gasteiger partial charge in [-0.1, -0.05) is 12.8 Å². The maximum absolute atomic E-state index is 13.4. The number of carbonyl (C=O) groups excluding carboxylic acids is 1. The molecule has 1 atom stereocenters. The number of terminal acetylenes is 1. The summed E-state index contributed by atoms with van der Waals surface area (Å²) >= 11 is 0. The van der Waals surface area contributed by atoms with Gasteiger partial charge in [0.05, 0.1) is 17.3 Å². The molecule has 4 nitrogen and oxygen atoms in total. The van der Waals surface area contributed by atoms with Crippen LogP contribution >= 0.6 is 0 Å². The van der Waals surface area contributed by atoms with Gasteiger partial charge in [0.2, 0.25) is 0 Å². The van der Waals surface area contributed by atoms with E-state index in [-0.39, 0.29) is 17.4 Å². The summed E-state index contributed by atoms with van der Waals surface area (Å²) in [6.45, 7) is 3.56. The number of aromatic nitrogens is 1. The second-order valence-electron chi connectivity index (χ2n) is 5.74. The molecule has 118 valence electrons. The SMILES string of the molecule is C#C[C@@](C)(CC)NC(=O)c1cc(F)cnc1NC1CC(F)C1. The first kappa shape index (κ1) is 16.2. The van der Waals surface area contributed by atoms with E-state index in [1.807, 2.05) is 6.92 Å². The van der Waals surface area contributed by atoms with Crippen molar-refractivity contribution in [2.45, 2.75) is 50.9 Å². The molecule has 0 aromatic carbocycles. The molecule has 0 aliphatic heterocycles. The predicted molar refractivity (Wildman–Crippen MR) is 80.7 cm³/mol. The maximum Gasteiger partial charge on any atom is 0.256 e. The van der Waals surface area contributed by atoms with E-state index < -0.39 is 23.4 Å². The lowest BCUT2D eigenvalue weighted by molar-refractivity contribution is 0.0923. The molecule has 0 bridgehead atoms. The Labute approximate surface area is 128 Å². The minimum absolute atomic E-state index is 0.0669. The molecule has 1 aromatic rings. The number of nitrogens with one attached hydrogen (secondary N) is 2. The molecule has 6 heteroatoms. The van der Waals surface area contributed by atoms with Crippen LogP contribution in [0, 0.1) is 18.2 Å². The van der Waals surface area contributed by atoms with Crippen molar-refractivity contribution in [3.05, 3.63) is 23.6 Å². The lowest BCUT2D eigenvalue weighted by Crippen LogP contribution is -2.45. The van der Waals surface area contributed by atoms with Crippen molar-refractivity contribution >= 4 is 11.7 Å². The van der Waals surface area contributed by atoms with E-state index in [1.54, 1.807) is 6.92 Å². The molecule has 0 saturated heterocycles. The fourth-order valence-electron chi connectivity index (χ4n) is 2.13. The maximum atomic E-state index is 13.4. The van der Waals surface area contributed by atoms with Gasteiger partial charge in [-0.2, -0.15) is 0 Å². The number of pyridine rings is 1. The van der Waals surface area contributed by atoms with Gasteiger partial charge in [0, 0.05) is 6.04 Å². The summed E-state index contributed by atoms with van der Waals surface area (Å²) in [5, 5.41) is 5.68. The summed E-state index contributed by atoms with van der Waals surface area (Å²) in [7, 11) is 0. The van der Waals surface area contributed by atoms with Gasteiger partial charge in [-0.15, -0.1) is 6.42 Å². The van der Waals surface area contributed by atoms with Crippen LogP contribution in [0.2, 0.25) is 0 Å². The summed E-state index contributed by atoms with van der Waals surface area (Å²) in [6, 6.07) is 1.01. The Morgan fingerprint density at radius 3 is 2.82 bits per heavy atom. The van der Waals surface area contributed by atoms with Crippen LogP contribution in [-0.2, 0) is 0 Å². The molecular weight excluding hydrogens is 288 g/mol. The molecule has 1 heterocycles. The van der Waals surface area contributed by atoms with E-state index in [0.29, 0.717) is 19.3 Å². The van der Waals surface area contributed by atoms with Crippen LogP contribution in [0.5, 0.6) is 0 Å². The first-order valence-electron chi connectivity index (χ1n) is 7.23. The van der Waals surface area contributed by atoms with Crippen molar-refractivity contribution in [1.29, 1.82) is 0 Å². The number of amides is 1. The fraction of sp³-hybridized carbons (Fsp3) is 0.500.